The van der Waals surface area contributed by atoms with E-state index >= 15 is 0 Å². The van der Waals surface area contributed by atoms with Gasteiger partial charge in [0.25, 0.3) is 5.55 Å². The van der Waals surface area contributed by atoms with Crippen LogP contribution in [0.1, 0.15) is 20.8 Å². The molecule has 0 aromatic carbocycles. The summed E-state index contributed by atoms with van der Waals surface area (Å²) in [7, 11) is -4.33. The predicted octanol–water partition coefficient (Wildman–Crippen LogP) is 5.50. The molecule has 10 heteroatoms. The Hall–Kier alpha value is -0.413. The van der Waals surface area contributed by atoms with Gasteiger partial charge in [0.15, 0.2) is 0 Å². The van der Waals surface area contributed by atoms with Gasteiger partial charge in [-0.15, -0.1) is 0 Å². The number of halogens is 9. The first-order chi connectivity index (χ1) is 8.68. The van der Waals surface area contributed by atoms with Crippen LogP contribution in [0.25, 0.3) is 0 Å². The molecule has 0 atom stereocenters. The van der Waals surface area contributed by atoms with Crippen molar-refractivity contribution in [2.24, 2.45) is 0 Å². The highest BCUT2D eigenvalue weighted by Crippen LogP contribution is 2.57. The fourth-order valence-corrected chi connectivity index (χ4v) is 5.78. The van der Waals surface area contributed by atoms with Crippen LogP contribution < -0.4 is 0 Å². The highest BCUT2D eigenvalue weighted by atomic mass is 28.3. The van der Waals surface area contributed by atoms with E-state index in [1.807, 2.05) is 0 Å². The van der Waals surface area contributed by atoms with Crippen LogP contribution in [0.4, 0.5) is 39.5 Å². The minimum absolute atomic E-state index is 0.517. The molecule has 0 fully saturated rings. The van der Waals surface area contributed by atoms with Crippen molar-refractivity contribution in [3.8, 4) is 0 Å². The fraction of sp³-hybridized carbons (Fsp3) is 1.00. The first kappa shape index (κ1) is 19.6. The van der Waals surface area contributed by atoms with Gasteiger partial charge in [-0.1, -0.05) is 38.9 Å². The first-order valence-electron chi connectivity index (χ1n) is 5.88. The van der Waals surface area contributed by atoms with Crippen molar-refractivity contribution >= 4 is 8.07 Å². The standard InChI is InChI=1S/C10H15F9Si/c1-4-20(5-2,6-3)10(18,19)8(13,14)7(11,12)9(15,16)17/h4-6H2,1-3H3. The Bertz CT molecular complexity index is 310. The zero-order valence-electron chi connectivity index (χ0n) is 11.0. The van der Waals surface area contributed by atoms with Gasteiger partial charge < -0.3 is 0 Å². The van der Waals surface area contributed by atoms with E-state index in [2.05, 4.69) is 0 Å². The van der Waals surface area contributed by atoms with Crippen LogP contribution >= 0.6 is 0 Å². The summed E-state index contributed by atoms with van der Waals surface area (Å²) >= 11 is 0. The van der Waals surface area contributed by atoms with Crippen LogP contribution in [0.15, 0.2) is 0 Å². The maximum Gasteiger partial charge on any atom is 0.460 e. The molecule has 0 saturated heterocycles. The van der Waals surface area contributed by atoms with Crippen molar-refractivity contribution in [1.82, 2.24) is 0 Å². The summed E-state index contributed by atoms with van der Waals surface area (Å²) in [4.78, 5) is 0. The predicted molar refractivity (Wildman–Crippen MR) is 58.1 cm³/mol. The number of alkyl halides is 9. The Kier molecular flexibility index (Phi) is 5.30. The third-order valence-electron chi connectivity index (χ3n) is 3.84. The molecule has 122 valence electrons. The van der Waals surface area contributed by atoms with Crippen molar-refractivity contribution < 1.29 is 39.5 Å². The zero-order valence-corrected chi connectivity index (χ0v) is 12.0. The minimum Gasteiger partial charge on any atom is -0.205 e. The molecule has 0 amide bonds. The summed E-state index contributed by atoms with van der Waals surface area (Å²) in [6, 6.07) is -1.55. The van der Waals surface area contributed by atoms with Crippen LogP contribution in [0.5, 0.6) is 0 Å². The van der Waals surface area contributed by atoms with Crippen LogP contribution in [-0.4, -0.2) is 31.6 Å². The largest absolute Gasteiger partial charge is 0.460 e. The molecule has 0 spiro atoms. The second-order valence-electron chi connectivity index (χ2n) is 4.56. The van der Waals surface area contributed by atoms with Crippen molar-refractivity contribution in [2.75, 3.05) is 0 Å². The Morgan fingerprint density at radius 3 is 1.10 bits per heavy atom. The molecule has 0 aliphatic rings. The molecule has 20 heavy (non-hydrogen) atoms. The van der Waals surface area contributed by atoms with Gasteiger partial charge in [0.2, 0.25) is 0 Å². The maximum atomic E-state index is 13.9. The molecule has 0 nitrogen and oxygen atoms in total. The van der Waals surface area contributed by atoms with Crippen molar-refractivity contribution in [2.45, 2.75) is 62.5 Å². The molecule has 0 bridgehead atoms. The first-order valence-corrected chi connectivity index (χ1v) is 8.50. The van der Waals surface area contributed by atoms with Gasteiger partial charge in [-0.2, -0.15) is 30.7 Å². The summed E-state index contributed by atoms with van der Waals surface area (Å²) in [5.74, 6) is -13.2. The van der Waals surface area contributed by atoms with Crippen molar-refractivity contribution in [1.29, 1.82) is 0 Å². The van der Waals surface area contributed by atoms with E-state index in [9.17, 15) is 39.5 Å². The van der Waals surface area contributed by atoms with Gasteiger partial charge in [0.1, 0.15) is 8.07 Å². The number of hydrogen-bond acceptors (Lipinski definition) is 0. The summed E-state index contributed by atoms with van der Waals surface area (Å²) in [5.41, 5.74) is -5.36. The smallest absolute Gasteiger partial charge is 0.205 e. The minimum atomic E-state index is -6.78. The van der Waals surface area contributed by atoms with Crippen LogP contribution in [0.3, 0.4) is 0 Å². The second kappa shape index (κ2) is 5.41. The Morgan fingerprint density at radius 2 is 0.900 bits per heavy atom. The SMILES string of the molecule is CC[Si](CC)(CC)C(F)(F)C(F)(F)C(F)(F)C(F)(F)F. The molecule has 0 aromatic rings. The van der Waals surface area contributed by atoms with Crippen LogP contribution in [0.2, 0.25) is 18.1 Å². The molecular formula is C10H15F9Si. The molecular weight excluding hydrogens is 319 g/mol. The van der Waals surface area contributed by atoms with Crippen LogP contribution in [0, 0.1) is 0 Å². The third kappa shape index (κ3) is 2.43. The van der Waals surface area contributed by atoms with E-state index in [0.29, 0.717) is 0 Å². The molecule has 0 N–H and O–H groups in total. The van der Waals surface area contributed by atoms with Gasteiger partial charge in [-0.25, -0.2) is 8.78 Å². The van der Waals surface area contributed by atoms with Crippen molar-refractivity contribution in [3.05, 3.63) is 0 Å². The zero-order chi connectivity index (χ0) is 16.6. The molecule has 0 aliphatic heterocycles. The average molecular weight is 334 g/mol. The van der Waals surface area contributed by atoms with E-state index in [4.69, 9.17) is 0 Å². The maximum absolute atomic E-state index is 13.9. The van der Waals surface area contributed by atoms with Gasteiger partial charge in [-0.3, -0.25) is 0 Å². The van der Waals surface area contributed by atoms with Gasteiger partial charge >= 0.3 is 18.0 Å². The quantitative estimate of drug-likeness (QED) is 0.444. The van der Waals surface area contributed by atoms with Gasteiger partial charge in [0.05, 0.1) is 0 Å². The topological polar surface area (TPSA) is 0 Å². The Balaban J connectivity index is 6.04. The monoisotopic (exact) mass is 334 g/mol. The number of rotatable bonds is 6. The molecule has 0 aromatic heterocycles. The summed E-state index contributed by atoms with van der Waals surface area (Å²) in [6.07, 6.45) is -6.74. The summed E-state index contributed by atoms with van der Waals surface area (Å²) in [6.45, 7) is 3.32. The lowest BCUT2D eigenvalue weighted by Crippen LogP contribution is -2.70. The lowest BCUT2D eigenvalue weighted by molar-refractivity contribution is -0.384. The second-order valence-corrected chi connectivity index (χ2v) is 9.87. The van der Waals surface area contributed by atoms with E-state index < -0.39 is 49.8 Å². The van der Waals surface area contributed by atoms with E-state index in [0.717, 1.165) is 20.8 Å². The van der Waals surface area contributed by atoms with Crippen LogP contribution in [-0.2, 0) is 0 Å². The molecule has 0 unspecified atom stereocenters. The summed E-state index contributed by atoms with van der Waals surface area (Å²) < 4.78 is 116. The Morgan fingerprint density at radius 1 is 0.600 bits per heavy atom. The lowest BCUT2D eigenvalue weighted by Gasteiger charge is -2.43. The van der Waals surface area contributed by atoms with Gasteiger partial charge in [-0.05, 0) is 0 Å². The van der Waals surface area contributed by atoms with E-state index in [1.165, 1.54) is 0 Å². The molecule has 0 saturated carbocycles. The van der Waals surface area contributed by atoms with Gasteiger partial charge in [0, 0.05) is 0 Å². The van der Waals surface area contributed by atoms with E-state index in [-0.39, 0.29) is 0 Å². The fourth-order valence-electron chi connectivity index (χ4n) is 2.12. The van der Waals surface area contributed by atoms with E-state index in [1.54, 1.807) is 0 Å². The van der Waals surface area contributed by atoms with Crippen molar-refractivity contribution in [3.63, 3.8) is 0 Å². The third-order valence-corrected chi connectivity index (χ3v) is 9.55. The molecule has 0 aliphatic carbocycles. The highest BCUT2D eigenvalue weighted by molar-refractivity contribution is 6.82. The normalized spacial score (nSPS) is 15.6. The number of hydrogen-bond donors (Lipinski definition) is 0. The Labute approximate surface area is 111 Å². The molecule has 0 radical (unpaired) electrons. The molecule has 0 rings (SSSR count). The lowest BCUT2D eigenvalue weighted by atomic mass is 10.1. The highest BCUT2D eigenvalue weighted by Gasteiger charge is 2.84. The average Bonchev–Trinajstić information content (AvgIpc) is 2.29. The molecule has 0 heterocycles. The summed E-state index contributed by atoms with van der Waals surface area (Å²) in [5, 5.41) is 0.